The Kier molecular flexibility index (Phi) is 5.83. The molecule has 1 aliphatic rings. The number of nitrogens with one attached hydrogen (secondary N) is 1. The van der Waals surface area contributed by atoms with Gasteiger partial charge in [0.1, 0.15) is 0 Å². The van der Waals surface area contributed by atoms with Gasteiger partial charge in [0.15, 0.2) is 4.34 Å². The van der Waals surface area contributed by atoms with Crippen molar-refractivity contribution in [2.45, 2.75) is 4.34 Å². The zero-order chi connectivity index (χ0) is 18.6. The molecule has 1 fully saturated rings. The second-order valence-electron chi connectivity index (χ2n) is 6.05. The number of halogens is 1. The molecule has 0 unspecified atom stereocenters. The van der Waals surface area contributed by atoms with Crippen LogP contribution in [0, 0.1) is 0 Å². The summed E-state index contributed by atoms with van der Waals surface area (Å²) in [6, 6.07) is 13.6. The molecule has 4 rings (SSSR count). The summed E-state index contributed by atoms with van der Waals surface area (Å²) in [6.07, 6.45) is 0. The maximum absolute atomic E-state index is 12.5. The highest BCUT2D eigenvalue weighted by atomic mass is 35.5. The predicted molar refractivity (Wildman–Crippen MR) is 113 cm³/mol. The number of nitrogens with zero attached hydrogens (tertiary/aromatic N) is 2. The highest BCUT2D eigenvalue weighted by Crippen LogP contribution is 2.32. The van der Waals surface area contributed by atoms with E-state index in [1.54, 1.807) is 17.4 Å². The molecule has 0 atom stereocenters. The van der Waals surface area contributed by atoms with Gasteiger partial charge >= 0.3 is 0 Å². The zero-order valence-corrected chi connectivity index (χ0v) is 16.9. The number of hydrogen-bond acceptors (Lipinski definition) is 6. The van der Waals surface area contributed by atoms with Gasteiger partial charge < -0.3 is 15.0 Å². The summed E-state index contributed by atoms with van der Waals surface area (Å²) in [6.45, 7) is 2.96. The molecule has 3 aromatic rings. The molecular weight excluding hydrogens is 402 g/mol. The first-order chi connectivity index (χ1) is 13.2. The molecule has 1 aliphatic heterocycles. The molecule has 140 valence electrons. The van der Waals surface area contributed by atoms with E-state index in [0.29, 0.717) is 24.0 Å². The van der Waals surface area contributed by atoms with E-state index in [0.717, 1.165) is 39.0 Å². The van der Waals surface area contributed by atoms with Crippen molar-refractivity contribution >= 4 is 62.2 Å². The second-order valence-corrected chi connectivity index (χ2v) is 8.73. The van der Waals surface area contributed by atoms with Crippen molar-refractivity contribution in [3.05, 3.63) is 47.5 Å². The van der Waals surface area contributed by atoms with Crippen LogP contribution in [0.15, 0.2) is 46.8 Å². The third kappa shape index (κ3) is 4.55. The average Bonchev–Trinajstić information content (AvgIpc) is 3.10. The zero-order valence-electron chi connectivity index (χ0n) is 14.5. The third-order valence-corrected chi connectivity index (χ3v) is 6.60. The molecule has 27 heavy (non-hydrogen) atoms. The number of carbonyl (C=O) groups excluding carboxylic acids is 1. The van der Waals surface area contributed by atoms with Gasteiger partial charge in [-0.25, -0.2) is 4.98 Å². The number of hydrogen-bond donors (Lipinski definition) is 1. The van der Waals surface area contributed by atoms with Crippen LogP contribution in [0.2, 0.25) is 5.02 Å². The van der Waals surface area contributed by atoms with Crippen LogP contribution in [0.5, 0.6) is 0 Å². The Morgan fingerprint density at radius 3 is 2.89 bits per heavy atom. The maximum atomic E-state index is 12.5. The number of anilines is 2. The minimum atomic E-state index is -0.0731. The van der Waals surface area contributed by atoms with Gasteiger partial charge in [0.2, 0.25) is 5.91 Å². The van der Waals surface area contributed by atoms with Gasteiger partial charge in [-0.05, 0) is 30.3 Å². The minimum Gasteiger partial charge on any atom is -0.378 e. The van der Waals surface area contributed by atoms with Gasteiger partial charge in [-0.2, -0.15) is 0 Å². The fourth-order valence-corrected chi connectivity index (χ4v) is 4.96. The van der Waals surface area contributed by atoms with Gasteiger partial charge in [0.25, 0.3) is 0 Å². The van der Waals surface area contributed by atoms with E-state index in [1.165, 1.54) is 11.8 Å². The van der Waals surface area contributed by atoms with Gasteiger partial charge in [0.05, 0.1) is 40.6 Å². The number of thiazole rings is 1. The van der Waals surface area contributed by atoms with E-state index in [2.05, 4.69) is 15.2 Å². The van der Waals surface area contributed by atoms with Crippen molar-refractivity contribution in [1.82, 2.24) is 4.98 Å². The van der Waals surface area contributed by atoms with Gasteiger partial charge in [-0.1, -0.05) is 35.5 Å². The predicted octanol–water partition coefficient (Wildman–Crippen LogP) is 4.52. The number of aromatic nitrogens is 1. The van der Waals surface area contributed by atoms with Crippen molar-refractivity contribution in [3.8, 4) is 0 Å². The molecule has 0 saturated carbocycles. The van der Waals surface area contributed by atoms with Crippen LogP contribution >= 0.6 is 34.7 Å². The van der Waals surface area contributed by atoms with E-state index < -0.39 is 0 Å². The van der Waals surface area contributed by atoms with Crippen molar-refractivity contribution in [3.63, 3.8) is 0 Å². The lowest BCUT2D eigenvalue weighted by Gasteiger charge is -2.30. The van der Waals surface area contributed by atoms with Gasteiger partial charge in [-0.3, -0.25) is 4.79 Å². The Bertz CT molecular complexity index is 924. The van der Waals surface area contributed by atoms with Crippen LogP contribution in [0.3, 0.4) is 0 Å². The summed E-state index contributed by atoms with van der Waals surface area (Å²) >= 11 is 9.20. The first-order valence-electron chi connectivity index (χ1n) is 8.59. The molecule has 1 N–H and O–H groups in total. The number of thioether (sulfide) groups is 1. The molecule has 8 heteroatoms. The first-order valence-corrected chi connectivity index (χ1v) is 10.8. The second kappa shape index (κ2) is 8.48. The molecular formula is C19H18ClN3O2S2. The van der Waals surface area contributed by atoms with Crippen LogP contribution < -0.4 is 10.2 Å². The van der Waals surface area contributed by atoms with E-state index in [9.17, 15) is 4.79 Å². The fraction of sp³-hybridized carbons (Fsp3) is 0.263. The number of benzene rings is 2. The largest absolute Gasteiger partial charge is 0.378 e. The Labute approximate surface area is 170 Å². The molecule has 0 spiro atoms. The molecule has 0 aliphatic carbocycles. The summed E-state index contributed by atoms with van der Waals surface area (Å²) < 4.78 is 7.44. The first kappa shape index (κ1) is 18.6. The van der Waals surface area contributed by atoms with Crippen LogP contribution in [-0.2, 0) is 9.53 Å². The van der Waals surface area contributed by atoms with Gasteiger partial charge in [0, 0.05) is 18.1 Å². The molecule has 1 saturated heterocycles. The Hall–Kier alpha value is -1.80. The van der Waals surface area contributed by atoms with Crippen molar-refractivity contribution in [2.24, 2.45) is 0 Å². The smallest absolute Gasteiger partial charge is 0.234 e. The van der Waals surface area contributed by atoms with Gasteiger partial charge in [-0.15, -0.1) is 11.3 Å². The number of para-hydroxylation sites is 1. The quantitative estimate of drug-likeness (QED) is 0.616. The number of rotatable bonds is 5. The summed E-state index contributed by atoms with van der Waals surface area (Å²) in [4.78, 5) is 19.3. The lowest BCUT2D eigenvalue weighted by molar-refractivity contribution is -0.113. The van der Waals surface area contributed by atoms with Crippen LogP contribution in [-0.4, -0.2) is 42.9 Å². The number of fused-ring (bicyclic) bond motifs is 1. The Morgan fingerprint density at radius 1 is 1.26 bits per heavy atom. The highest BCUT2D eigenvalue weighted by Gasteiger charge is 2.17. The molecule has 1 amide bonds. The van der Waals surface area contributed by atoms with E-state index in [1.807, 2.05) is 36.4 Å². The van der Waals surface area contributed by atoms with Crippen molar-refractivity contribution < 1.29 is 9.53 Å². The third-order valence-electron chi connectivity index (χ3n) is 4.19. The van der Waals surface area contributed by atoms with E-state index >= 15 is 0 Å². The molecule has 0 radical (unpaired) electrons. The molecule has 0 bridgehead atoms. The van der Waals surface area contributed by atoms with Crippen LogP contribution in [0.4, 0.5) is 11.4 Å². The Morgan fingerprint density at radius 2 is 2.07 bits per heavy atom. The number of amides is 1. The molecule has 5 nitrogen and oxygen atoms in total. The highest BCUT2D eigenvalue weighted by molar-refractivity contribution is 8.01. The lowest BCUT2D eigenvalue weighted by Crippen LogP contribution is -2.36. The summed E-state index contributed by atoms with van der Waals surface area (Å²) in [5.41, 5.74) is 2.68. The van der Waals surface area contributed by atoms with Crippen LogP contribution in [0.25, 0.3) is 10.2 Å². The summed E-state index contributed by atoms with van der Waals surface area (Å²) in [5, 5.41) is 3.60. The maximum Gasteiger partial charge on any atom is 0.234 e. The van der Waals surface area contributed by atoms with Crippen molar-refractivity contribution in [2.75, 3.05) is 42.3 Å². The SMILES string of the molecule is O=C(CSc1nc2ccccc2s1)Nc1cc(Cl)ccc1N1CCOCC1. The van der Waals surface area contributed by atoms with Crippen LogP contribution in [0.1, 0.15) is 0 Å². The summed E-state index contributed by atoms with van der Waals surface area (Å²) in [7, 11) is 0. The topological polar surface area (TPSA) is 54.5 Å². The number of ether oxygens (including phenoxy) is 1. The molecule has 1 aromatic heterocycles. The lowest BCUT2D eigenvalue weighted by atomic mass is 10.2. The number of carbonyl (C=O) groups is 1. The monoisotopic (exact) mass is 419 g/mol. The fourth-order valence-electron chi connectivity index (χ4n) is 2.91. The van der Waals surface area contributed by atoms with E-state index in [4.69, 9.17) is 16.3 Å². The number of morpholine rings is 1. The normalized spacial score (nSPS) is 14.5. The molecule has 2 heterocycles. The minimum absolute atomic E-state index is 0.0731. The standard InChI is InChI=1S/C19H18ClN3O2S2/c20-13-5-6-16(23-7-9-25-10-8-23)15(11-13)21-18(24)12-26-19-22-14-3-1-2-4-17(14)27-19/h1-6,11H,7-10,12H2,(H,21,24). The molecule has 2 aromatic carbocycles. The van der Waals surface area contributed by atoms with E-state index in [-0.39, 0.29) is 5.91 Å². The average molecular weight is 420 g/mol. The summed E-state index contributed by atoms with van der Waals surface area (Å²) in [5.74, 6) is 0.227. The van der Waals surface area contributed by atoms with Crippen molar-refractivity contribution in [1.29, 1.82) is 0 Å². The Balaban J connectivity index is 1.43.